The van der Waals surface area contributed by atoms with Crippen LogP contribution in [-0.2, 0) is 11.2 Å². The van der Waals surface area contributed by atoms with Crippen molar-refractivity contribution in [1.82, 2.24) is 24.3 Å². The van der Waals surface area contributed by atoms with Gasteiger partial charge in [0.15, 0.2) is 0 Å². The van der Waals surface area contributed by atoms with Crippen molar-refractivity contribution in [3.63, 3.8) is 0 Å². The second-order valence-electron chi connectivity index (χ2n) is 12.2. The van der Waals surface area contributed by atoms with Crippen molar-refractivity contribution in [1.29, 1.82) is 0 Å². The van der Waals surface area contributed by atoms with Crippen LogP contribution in [0.15, 0.2) is 36.8 Å². The van der Waals surface area contributed by atoms with Crippen molar-refractivity contribution in [2.75, 3.05) is 40.3 Å². The number of benzene rings is 1. The molecule has 4 heterocycles. The summed E-state index contributed by atoms with van der Waals surface area (Å²) in [6.45, 7) is 10.0. The fourth-order valence-corrected chi connectivity index (χ4v) is 6.38. The minimum absolute atomic E-state index is 0.00538. The number of aryl methyl sites for hydroxylation is 1. The van der Waals surface area contributed by atoms with Crippen LogP contribution < -0.4 is 0 Å². The van der Waals surface area contributed by atoms with Gasteiger partial charge in [0.1, 0.15) is 5.82 Å². The molecular weight excluding hydrogens is 505 g/mol. The van der Waals surface area contributed by atoms with Gasteiger partial charge in [-0.1, -0.05) is 0 Å². The zero-order valence-electron chi connectivity index (χ0n) is 24.5. The van der Waals surface area contributed by atoms with Crippen LogP contribution in [-0.4, -0.2) is 82.4 Å². The normalized spacial score (nSPS) is 20.5. The van der Waals surface area contributed by atoms with Crippen molar-refractivity contribution < 1.29 is 14.0 Å². The Morgan fingerprint density at radius 3 is 2.70 bits per heavy atom. The monoisotopic (exact) mass is 547 g/mol. The van der Waals surface area contributed by atoms with Crippen LogP contribution in [0, 0.1) is 24.6 Å². The lowest BCUT2D eigenvalue weighted by atomic mass is 9.97. The van der Waals surface area contributed by atoms with Gasteiger partial charge in [-0.15, -0.1) is 0 Å². The van der Waals surface area contributed by atoms with Crippen molar-refractivity contribution in [2.45, 2.75) is 58.9 Å². The third-order valence-corrected chi connectivity index (χ3v) is 8.98. The predicted octanol–water partition coefficient (Wildman–Crippen LogP) is 5.08. The molecule has 214 valence electrons. The molecule has 2 aliphatic rings. The van der Waals surface area contributed by atoms with E-state index in [2.05, 4.69) is 23.0 Å². The van der Waals surface area contributed by atoms with Gasteiger partial charge in [-0.3, -0.25) is 14.6 Å². The smallest absolute Gasteiger partial charge is 0.256 e. The number of nitrogens with zero attached hydrogens (tertiary/aromatic N) is 5. The molecule has 2 fully saturated rings. The van der Waals surface area contributed by atoms with E-state index in [4.69, 9.17) is 0 Å². The van der Waals surface area contributed by atoms with Gasteiger partial charge in [0.05, 0.1) is 23.0 Å². The lowest BCUT2D eigenvalue weighted by Crippen LogP contribution is -2.33. The molecule has 0 bridgehead atoms. The molecule has 7 nitrogen and oxygen atoms in total. The van der Waals surface area contributed by atoms with Gasteiger partial charge in [-0.05, 0) is 94.2 Å². The van der Waals surface area contributed by atoms with Gasteiger partial charge < -0.3 is 19.3 Å². The molecule has 2 aliphatic heterocycles. The molecule has 2 saturated heterocycles. The number of amides is 2. The van der Waals surface area contributed by atoms with Crippen molar-refractivity contribution in [3.05, 3.63) is 59.3 Å². The molecule has 1 aromatic carbocycles. The van der Waals surface area contributed by atoms with Crippen LogP contribution in [0.4, 0.5) is 4.39 Å². The van der Waals surface area contributed by atoms with Crippen LogP contribution in [0.3, 0.4) is 0 Å². The average molecular weight is 548 g/mol. The highest BCUT2D eigenvalue weighted by molar-refractivity contribution is 5.99. The number of rotatable bonds is 7. The summed E-state index contributed by atoms with van der Waals surface area (Å²) in [5.41, 5.74) is 4.29. The molecule has 5 rings (SSSR count). The third kappa shape index (κ3) is 5.78. The Morgan fingerprint density at radius 2 is 1.93 bits per heavy atom. The number of aromatic nitrogens is 2. The van der Waals surface area contributed by atoms with E-state index in [0.29, 0.717) is 29.5 Å². The maximum Gasteiger partial charge on any atom is 0.256 e. The molecule has 2 aromatic heterocycles. The number of halogens is 1. The summed E-state index contributed by atoms with van der Waals surface area (Å²) in [5, 5.41) is 1.17. The number of fused-ring (bicyclic) bond motifs is 1. The van der Waals surface area contributed by atoms with E-state index in [0.717, 1.165) is 62.9 Å². The summed E-state index contributed by atoms with van der Waals surface area (Å²) >= 11 is 0. The van der Waals surface area contributed by atoms with Gasteiger partial charge >= 0.3 is 0 Å². The Hall–Kier alpha value is -3.26. The van der Waals surface area contributed by atoms with E-state index in [-0.39, 0.29) is 17.9 Å². The Balaban J connectivity index is 1.40. The Bertz CT molecular complexity index is 1400. The Kier molecular flexibility index (Phi) is 8.26. The zero-order valence-corrected chi connectivity index (χ0v) is 24.5. The van der Waals surface area contributed by atoms with Crippen LogP contribution in [0.1, 0.15) is 61.0 Å². The summed E-state index contributed by atoms with van der Waals surface area (Å²) < 4.78 is 16.4. The molecule has 40 heavy (non-hydrogen) atoms. The quantitative estimate of drug-likeness (QED) is 0.414. The first kappa shape index (κ1) is 28.3. The standard InChI is InChI=1S/C32H42FN5O2/c1-21(2)36(5)32(40)27-15-26(33)7-8-28(27)38-20-25(31-22(3)16-34-17-29(31)38)14-24-11-13-37(19-24)18-23-6-9-30(39)35(4)12-10-23/h7-8,15-17,20-21,23-24H,6,9-14,18-19H2,1-5H3/t23-,24+/m1/s1. The van der Waals surface area contributed by atoms with Crippen molar-refractivity contribution in [2.24, 2.45) is 11.8 Å². The lowest BCUT2D eigenvalue weighted by Gasteiger charge is -2.23. The minimum atomic E-state index is -0.425. The van der Waals surface area contributed by atoms with E-state index in [1.54, 1.807) is 18.0 Å². The summed E-state index contributed by atoms with van der Waals surface area (Å²) in [7, 11) is 3.67. The lowest BCUT2D eigenvalue weighted by molar-refractivity contribution is -0.129. The zero-order chi connectivity index (χ0) is 28.6. The summed E-state index contributed by atoms with van der Waals surface area (Å²) in [5.74, 6) is 0.742. The topological polar surface area (TPSA) is 61.7 Å². The molecule has 0 saturated carbocycles. The van der Waals surface area contributed by atoms with Gasteiger partial charge in [-0.25, -0.2) is 4.39 Å². The van der Waals surface area contributed by atoms with Crippen molar-refractivity contribution in [3.8, 4) is 5.69 Å². The number of pyridine rings is 1. The minimum Gasteiger partial charge on any atom is -0.346 e. The number of hydrogen-bond acceptors (Lipinski definition) is 4. The van der Waals surface area contributed by atoms with Crippen molar-refractivity contribution >= 4 is 22.7 Å². The second-order valence-corrected chi connectivity index (χ2v) is 12.2. The largest absolute Gasteiger partial charge is 0.346 e. The molecule has 2 amide bonds. The fourth-order valence-electron chi connectivity index (χ4n) is 6.38. The molecule has 3 aromatic rings. The highest BCUT2D eigenvalue weighted by atomic mass is 19.1. The Morgan fingerprint density at radius 1 is 1.15 bits per heavy atom. The van der Waals surface area contributed by atoms with Gasteiger partial charge in [0.2, 0.25) is 5.91 Å². The van der Waals surface area contributed by atoms with Crippen LogP contribution >= 0.6 is 0 Å². The summed E-state index contributed by atoms with van der Waals surface area (Å²) in [6, 6.07) is 4.46. The molecular formula is C32H42FN5O2. The first-order valence-corrected chi connectivity index (χ1v) is 14.6. The number of carbonyl (C=O) groups excluding carboxylic acids is 2. The van der Waals surface area contributed by atoms with Gasteiger partial charge in [0.25, 0.3) is 5.91 Å². The summed E-state index contributed by atoms with van der Waals surface area (Å²) in [6.07, 6.45) is 10.7. The predicted molar refractivity (Wildman–Crippen MR) is 156 cm³/mol. The van der Waals surface area contributed by atoms with Crippen LogP contribution in [0.2, 0.25) is 0 Å². The highest BCUT2D eigenvalue weighted by Gasteiger charge is 2.29. The third-order valence-electron chi connectivity index (χ3n) is 8.98. The first-order chi connectivity index (χ1) is 19.1. The maximum absolute atomic E-state index is 14.4. The van der Waals surface area contributed by atoms with E-state index in [9.17, 15) is 14.0 Å². The molecule has 0 aliphatic carbocycles. The molecule has 2 atom stereocenters. The number of hydrogen-bond donors (Lipinski definition) is 0. The molecule has 0 radical (unpaired) electrons. The van der Waals surface area contributed by atoms with Crippen LogP contribution in [0.25, 0.3) is 16.6 Å². The first-order valence-electron chi connectivity index (χ1n) is 14.6. The highest BCUT2D eigenvalue weighted by Crippen LogP contribution is 2.33. The van der Waals surface area contributed by atoms with E-state index >= 15 is 0 Å². The molecule has 0 spiro atoms. The molecule has 8 heteroatoms. The van der Waals surface area contributed by atoms with Gasteiger partial charge in [0, 0.05) is 64.0 Å². The van der Waals surface area contributed by atoms with E-state index < -0.39 is 5.82 Å². The summed E-state index contributed by atoms with van der Waals surface area (Å²) in [4.78, 5) is 36.0. The Labute approximate surface area is 236 Å². The van der Waals surface area contributed by atoms with Crippen LogP contribution in [0.5, 0.6) is 0 Å². The van der Waals surface area contributed by atoms with E-state index in [1.165, 1.54) is 23.1 Å². The fraction of sp³-hybridized carbons (Fsp3) is 0.531. The number of likely N-dealkylation sites (tertiary alicyclic amines) is 2. The average Bonchev–Trinajstić information content (AvgIpc) is 3.49. The number of carbonyl (C=O) groups is 2. The molecule has 0 unspecified atom stereocenters. The second kappa shape index (κ2) is 11.7. The molecule has 0 N–H and O–H groups in total. The SMILES string of the molecule is Cc1cncc2c1c(C[C@@H]1CCN(C[C@@H]3CCC(=O)N(C)CC3)C1)cn2-c1ccc(F)cc1C(=O)N(C)C(C)C. The maximum atomic E-state index is 14.4. The van der Waals surface area contributed by atoms with Gasteiger partial charge in [-0.2, -0.15) is 0 Å². The van der Waals surface area contributed by atoms with E-state index in [1.807, 2.05) is 42.8 Å².